The predicted octanol–water partition coefficient (Wildman–Crippen LogP) is 2.90. The van der Waals surface area contributed by atoms with E-state index in [0.29, 0.717) is 13.2 Å². The van der Waals surface area contributed by atoms with Crippen molar-refractivity contribution in [1.29, 1.82) is 0 Å². The van der Waals surface area contributed by atoms with Crippen molar-refractivity contribution in [1.82, 2.24) is 0 Å². The highest BCUT2D eigenvalue weighted by molar-refractivity contribution is 14.1. The Morgan fingerprint density at radius 2 is 2.30 bits per heavy atom. The summed E-state index contributed by atoms with van der Waals surface area (Å²) >= 11 is 1.72. The molecule has 0 bridgehead atoms. The number of nitro benzene ring substituents is 1. The molecule has 1 aromatic rings. The second-order valence-electron chi connectivity index (χ2n) is 4.87. The number of ether oxygens (including phenoxy) is 2. The Labute approximate surface area is 128 Å². The van der Waals surface area contributed by atoms with E-state index in [1.165, 1.54) is 6.07 Å². The molecule has 6 nitrogen and oxygen atoms in total. The number of hydrogen-bond donors (Lipinski definition) is 1. The fourth-order valence-electron chi connectivity index (χ4n) is 1.92. The van der Waals surface area contributed by atoms with E-state index in [1.807, 2.05) is 0 Å². The molecule has 8 heteroatoms. The van der Waals surface area contributed by atoms with Crippen LogP contribution in [0.25, 0.3) is 0 Å². The average molecular weight is 396 g/mol. The van der Waals surface area contributed by atoms with E-state index >= 15 is 0 Å². The van der Waals surface area contributed by atoms with Crippen LogP contribution in [0.15, 0.2) is 12.1 Å². The van der Waals surface area contributed by atoms with Gasteiger partial charge in [0.2, 0.25) is 0 Å². The zero-order valence-electron chi connectivity index (χ0n) is 11.0. The summed E-state index contributed by atoms with van der Waals surface area (Å²) in [6.45, 7) is 4.28. The number of nitrogens with one attached hydrogen (secondary N) is 1. The highest BCUT2D eigenvalue weighted by atomic mass is 127. The third kappa shape index (κ3) is 3.55. The Balaban J connectivity index is 2.09. The van der Waals surface area contributed by atoms with Crippen LogP contribution in [-0.4, -0.2) is 30.0 Å². The van der Waals surface area contributed by atoms with Crippen LogP contribution in [-0.2, 0) is 9.47 Å². The fraction of sp³-hybridized carbons (Fsp3) is 0.500. The Morgan fingerprint density at radius 3 is 2.85 bits per heavy atom. The molecule has 1 unspecified atom stereocenters. The van der Waals surface area contributed by atoms with Gasteiger partial charge in [-0.3, -0.25) is 10.1 Å². The number of nitrogens with zero attached hydrogens (tertiary/aromatic N) is 1. The molecule has 110 valence electrons. The lowest BCUT2D eigenvalue weighted by Crippen LogP contribution is -2.26. The van der Waals surface area contributed by atoms with Crippen molar-refractivity contribution in [2.24, 2.45) is 0 Å². The molecular formula is C12H14FIN2O4. The molecule has 1 aliphatic heterocycles. The smallest absolute Gasteiger partial charge is 0.293 e. The maximum atomic E-state index is 13.5. The summed E-state index contributed by atoms with van der Waals surface area (Å²) in [6.07, 6.45) is -0.230. The van der Waals surface area contributed by atoms with E-state index in [4.69, 9.17) is 9.47 Å². The van der Waals surface area contributed by atoms with E-state index in [0.717, 1.165) is 6.07 Å². The SMILES string of the molecule is CC1(C)OCC(CNc2cc(F)c(I)cc2[N+](=O)[O-])O1. The molecule has 20 heavy (non-hydrogen) atoms. The van der Waals surface area contributed by atoms with Gasteiger partial charge in [0.15, 0.2) is 5.79 Å². The van der Waals surface area contributed by atoms with Crippen molar-refractivity contribution >= 4 is 34.0 Å². The third-order valence-corrected chi connectivity index (χ3v) is 3.65. The number of hydrogen-bond acceptors (Lipinski definition) is 5. The van der Waals surface area contributed by atoms with Crippen molar-refractivity contribution in [2.45, 2.75) is 25.7 Å². The quantitative estimate of drug-likeness (QED) is 0.482. The average Bonchev–Trinajstić information content (AvgIpc) is 2.69. The summed E-state index contributed by atoms with van der Waals surface area (Å²) in [4.78, 5) is 10.4. The molecule has 0 spiro atoms. The maximum Gasteiger partial charge on any atom is 0.293 e. The molecule has 0 aliphatic carbocycles. The van der Waals surface area contributed by atoms with Gasteiger partial charge in [-0.15, -0.1) is 0 Å². The molecular weight excluding hydrogens is 382 g/mol. The van der Waals surface area contributed by atoms with Gasteiger partial charge >= 0.3 is 0 Å². The summed E-state index contributed by atoms with van der Waals surface area (Å²) < 4.78 is 24.7. The van der Waals surface area contributed by atoms with Gasteiger partial charge in [0.25, 0.3) is 5.69 Å². The molecule has 0 amide bonds. The van der Waals surface area contributed by atoms with Crippen LogP contribution in [0.5, 0.6) is 0 Å². The number of nitro groups is 1. The molecule has 0 radical (unpaired) electrons. The molecule has 1 aliphatic rings. The van der Waals surface area contributed by atoms with Crippen molar-refractivity contribution in [3.05, 3.63) is 31.6 Å². The molecule has 2 rings (SSSR count). The van der Waals surface area contributed by atoms with Crippen molar-refractivity contribution in [2.75, 3.05) is 18.5 Å². The summed E-state index contributed by atoms with van der Waals surface area (Å²) in [7, 11) is 0. The zero-order chi connectivity index (χ0) is 14.9. The van der Waals surface area contributed by atoms with Gasteiger partial charge < -0.3 is 14.8 Å². The molecule has 1 atom stereocenters. The number of anilines is 1. The second kappa shape index (κ2) is 5.78. The van der Waals surface area contributed by atoms with Gasteiger partial charge in [-0.05, 0) is 36.4 Å². The van der Waals surface area contributed by atoms with E-state index in [9.17, 15) is 14.5 Å². The predicted molar refractivity (Wildman–Crippen MR) is 79.2 cm³/mol. The van der Waals surface area contributed by atoms with Gasteiger partial charge in [0.1, 0.15) is 17.6 Å². The topological polar surface area (TPSA) is 73.6 Å². The first-order chi connectivity index (χ1) is 9.28. The first-order valence-corrected chi connectivity index (χ1v) is 7.05. The largest absolute Gasteiger partial charge is 0.377 e. The first kappa shape index (κ1) is 15.4. The van der Waals surface area contributed by atoms with Gasteiger partial charge in [0.05, 0.1) is 15.1 Å². The Hall–Kier alpha value is -1.00. The lowest BCUT2D eigenvalue weighted by atomic mass is 10.2. The molecule has 0 aromatic heterocycles. The monoisotopic (exact) mass is 396 g/mol. The Bertz CT molecular complexity index is 538. The van der Waals surface area contributed by atoms with E-state index < -0.39 is 16.5 Å². The molecule has 0 saturated carbocycles. The Morgan fingerprint density at radius 1 is 1.60 bits per heavy atom. The van der Waals surface area contributed by atoms with Crippen LogP contribution < -0.4 is 5.32 Å². The van der Waals surface area contributed by atoms with Crippen molar-refractivity contribution in [3.63, 3.8) is 0 Å². The number of rotatable bonds is 4. The molecule has 1 saturated heterocycles. The molecule has 1 N–H and O–H groups in total. The highest BCUT2D eigenvalue weighted by Crippen LogP contribution is 2.29. The highest BCUT2D eigenvalue weighted by Gasteiger charge is 2.32. The van der Waals surface area contributed by atoms with Crippen LogP contribution in [0.4, 0.5) is 15.8 Å². The van der Waals surface area contributed by atoms with E-state index in [1.54, 1.807) is 36.4 Å². The van der Waals surface area contributed by atoms with E-state index in [-0.39, 0.29) is 21.0 Å². The summed E-state index contributed by atoms with van der Waals surface area (Å²) in [6, 6.07) is 2.33. The number of halogens is 2. The molecule has 1 heterocycles. The van der Waals surface area contributed by atoms with Crippen LogP contribution in [0.1, 0.15) is 13.8 Å². The lowest BCUT2D eigenvalue weighted by molar-refractivity contribution is -0.384. The van der Waals surface area contributed by atoms with Crippen LogP contribution >= 0.6 is 22.6 Å². The van der Waals surface area contributed by atoms with Gasteiger partial charge in [0, 0.05) is 18.7 Å². The summed E-state index contributed by atoms with van der Waals surface area (Å²) in [5.41, 5.74) is -0.0183. The van der Waals surface area contributed by atoms with Crippen LogP contribution in [0.2, 0.25) is 0 Å². The van der Waals surface area contributed by atoms with E-state index in [2.05, 4.69) is 5.32 Å². The van der Waals surface area contributed by atoms with Crippen molar-refractivity contribution in [3.8, 4) is 0 Å². The minimum atomic E-state index is -0.657. The Kier molecular flexibility index (Phi) is 4.45. The lowest BCUT2D eigenvalue weighted by Gasteiger charge is -2.17. The summed E-state index contributed by atoms with van der Waals surface area (Å²) in [5.74, 6) is -1.15. The normalized spacial score (nSPS) is 20.9. The van der Waals surface area contributed by atoms with Crippen molar-refractivity contribution < 1.29 is 18.8 Å². The van der Waals surface area contributed by atoms with Gasteiger partial charge in [-0.1, -0.05) is 0 Å². The van der Waals surface area contributed by atoms with Gasteiger partial charge in [-0.25, -0.2) is 4.39 Å². The second-order valence-corrected chi connectivity index (χ2v) is 6.03. The standard InChI is InChI=1S/C12H14FIN2O4/c1-12(2)19-6-7(20-12)5-15-10-3-8(13)9(14)4-11(10)16(17)18/h3-4,7,15H,5-6H2,1-2H3. The van der Waals surface area contributed by atoms with Gasteiger partial charge in [-0.2, -0.15) is 0 Å². The maximum absolute atomic E-state index is 13.5. The fourth-order valence-corrected chi connectivity index (χ4v) is 2.37. The third-order valence-electron chi connectivity index (χ3n) is 2.82. The summed E-state index contributed by atoms with van der Waals surface area (Å²) in [5, 5.41) is 13.8. The zero-order valence-corrected chi connectivity index (χ0v) is 13.1. The minimum absolute atomic E-state index is 0.140. The van der Waals surface area contributed by atoms with Crippen LogP contribution in [0.3, 0.4) is 0 Å². The minimum Gasteiger partial charge on any atom is -0.377 e. The molecule has 1 fully saturated rings. The number of benzene rings is 1. The molecule has 1 aromatic carbocycles. The van der Waals surface area contributed by atoms with Crippen LogP contribution in [0, 0.1) is 19.5 Å². The first-order valence-electron chi connectivity index (χ1n) is 5.97.